The SMILES string of the molecule is Nc1ccc(C(F)(F)F)cc1S(=O)(=O)c1ccc(F)c(F)c1. The molecule has 0 unspecified atom stereocenters. The molecule has 0 bridgehead atoms. The van der Waals surface area contributed by atoms with Gasteiger partial charge in [0.2, 0.25) is 9.84 Å². The smallest absolute Gasteiger partial charge is 0.398 e. The van der Waals surface area contributed by atoms with Crippen molar-refractivity contribution in [3.05, 3.63) is 53.6 Å². The summed E-state index contributed by atoms with van der Waals surface area (Å²) in [7, 11) is -4.52. The first kappa shape index (κ1) is 16.2. The summed E-state index contributed by atoms with van der Waals surface area (Å²) in [5.74, 6) is -2.72. The predicted octanol–water partition coefficient (Wildman–Crippen LogP) is 3.40. The number of anilines is 1. The van der Waals surface area contributed by atoms with Crippen molar-refractivity contribution in [2.75, 3.05) is 5.73 Å². The van der Waals surface area contributed by atoms with Crippen LogP contribution in [0.15, 0.2) is 46.2 Å². The van der Waals surface area contributed by atoms with Gasteiger partial charge in [-0.2, -0.15) is 13.2 Å². The topological polar surface area (TPSA) is 60.2 Å². The lowest BCUT2D eigenvalue weighted by Crippen LogP contribution is -2.11. The molecule has 0 aliphatic heterocycles. The van der Waals surface area contributed by atoms with Crippen molar-refractivity contribution in [3.8, 4) is 0 Å². The molecule has 0 aliphatic rings. The number of halogens is 5. The number of sulfone groups is 1. The summed E-state index contributed by atoms with van der Waals surface area (Å²) >= 11 is 0. The molecule has 0 saturated carbocycles. The molecule has 0 atom stereocenters. The Labute approximate surface area is 122 Å². The van der Waals surface area contributed by atoms with E-state index in [-0.39, 0.29) is 0 Å². The minimum absolute atomic E-state index is 0.353. The predicted molar refractivity (Wildman–Crippen MR) is 67.7 cm³/mol. The molecule has 0 saturated heterocycles. The molecule has 0 amide bonds. The first-order chi connectivity index (χ1) is 10.0. The van der Waals surface area contributed by atoms with E-state index in [1.165, 1.54) is 0 Å². The number of nitrogen functional groups attached to an aromatic ring is 1. The molecule has 0 radical (unpaired) electrons. The van der Waals surface area contributed by atoms with E-state index in [0.717, 1.165) is 12.1 Å². The lowest BCUT2D eigenvalue weighted by Gasteiger charge is -2.12. The Hall–Kier alpha value is -2.16. The Morgan fingerprint density at radius 3 is 2.09 bits per heavy atom. The highest BCUT2D eigenvalue weighted by Crippen LogP contribution is 2.34. The summed E-state index contributed by atoms with van der Waals surface area (Å²) in [6.45, 7) is 0. The quantitative estimate of drug-likeness (QED) is 0.519. The molecule has 22 heavy (non-hydrogen) atoms. The second-order valence-corrected chi connectivity index (χ2v) is 6.25. The molecule has 0 aromatic heterocycles. The normalized spacial score (nSPS) is 12.4. The number of hydrogen-bond acceptors (Lipinski definition) is 3. The minimum atomic E-state index is -4.77. The van der Waals surface area contributed by atoms with E-state index in [0.29, 0.717) is 24.3 Å². The van der Waals surface area contributed by atoms with Crippen LogP contribution in [0.3, 0.4) is 0 Å². The van der Waals surface area contributed by atoms with Gasteiger partial charge in [-0.1, -0.05) is 0 Å². The molecule has 2 rings (SSSR count). The van der Waals surface area contributed by atoms with Crippen molar-refractivity contribution in [2.45, 2.75) is 16.0 Å². The maximum absolute atomic E-state index is 13.1. The molecular weight excluding hydrogens is 329 g/mol. The Balaban J connectivity index is 2.65. The van der Waals surface area contributed by atoms with Crippen molar-refractivity contribution in [1.29, 1.82) is 0 Å². The van der Waals surface area contributed by atoms with E-state index in [2.05, 4.69) is 0 Å². The highest BCUT2D eigenvalue weighted by atomic mass is 32.2. The molecule has 2 aromatic carbocycles. The van der Waals surface area contributed by atoms with Crippen molar-refractivity contribution >= 4 is 15.5 Å². The highest BCUT2D eigenvalue weighted by Gasteiger charge is 2.33. The van der Waals surface area contributed by atoms with Gasteiger partial charge in [-0.05, 0) is 36.4 Å². The van der Waals surface area contributed by atoms with Crippen LogP contribution in [-0.2, 0) is 16.0 Å². The van der Waals surface area contributed by atoms with Gasteiger partial charge in [0.25, 0.3) is 0 Å². The molecule has 0 fully saturated rings. The fourth-order valence-electron chi connectivity index (χ4n) is 1.71. The summed E-state index contributed by atoms with van der Waals surface area (Å²) in [5.41, 5.74) is 3.76. The lowest BCUT2D eigenvalue weighted by molar-refractivity contribution is -0.137. The van der Waals surface area contributed by atoms with Gasteiger partial charge in [0.15, 0.2) is 11.6 Å². The second kappa shape index (κ2) is 5.24. The van der Waals surface area contributed by atoms with Gasteiger partial charge in [0.05, 0.1) is 21.0 Å². The minimum Gasteiger partial charge on any atom is -0.398 e. The fraction of sp³-hybridized carbons (Fsp3) is 0.0769. The molecule has 0 heterocycles. The van der Waals surface area contributed by atoms with Crippen LogP contribution in [0.5, 0.6) is 0 Å². The Morgan fingerprint density at radius 2 is 1.55 bits per heavy atom. The number of alkyl halides is 3. The third-order valence-corrected chi connectivity index (χ3v) is 4.64. The van der Waals surface area contributed by atoms with Gasteiger partial charge in [-0.3, -0.25) is 0 Å². The first-order valence-corrected chi connectivity index (χ1v) is 7.18. The number of rotatable bonds is 2. The van der Waals surface area contributed by atoms with Gasteiger partial charge in [-0.15, -0.1) is 0 Å². The van der Waals surface area contributed by atoms with Crippen LogP contribution in [0.4, 0.5) is 27.6 Å². The van der Waals surface area contributed by atoms with Crippen LogP contribution >= 0.6 is 0 Å². The van der Waals surface area contributed by atoms with Gasteiger partial charge >= 0.3 is 6.18 Å². The van der Waals surface area contributed by atoms with Crippen molar-refractivity contribution in [3.63, 3.8) is 0 Å². The summed E-state index contributed by atoms with van der Waals surface area (Å²) in [5, 5.41) is 0. The van der Waals surface area contributed by atoms with Crippen LogP contribution in [-0.4, -0.2) is 8.42 Å². The summed E-state index contributed by atoms with van der Waals surface area (Å²) in [6.07, 6.45) is -4.77. The second-order valence-electron chi connectivity index (χ2n) is 4.33. The molecule has 2 aromatic rings. The standard InChI is InChI=1S/C13H8F5NO2S/c14-9-3-2-8(6-10(9)15)22(20,21)12-5-7(13(16,17)18)1-4-11(12)19/h1-6H,19H2. The van der Waals surface area contributed by atoms with E-state index in [9.17, 15) is 30.4 Å². The van der Waals surface area contributed by atoms with Crippen LogP contribution in [0.25, 0.3) is 0 Å². The highest BCUT2D eigenvalue weighted by molar-refractivity contribution is 7.91. The summed E-state index contributed by atoms with van der Waals surface area (Å²) < 4.78 is 88.5. The van der Waals surface area contributed by atoms with Crippen LogP contribution in [0, 0.1) is 11.6 Å². The first-order valence-electron chi connectivity index (χ1n) is 5.70. The van der Waals surface area contributed by atoms with Gasteiger partial charge in [0, 0.05) is 0 Å². The van der Waals surface area contributed by atoms with E-state index in [1.54, 1.807) is 0 Å². The van der Waals surface area contributed by atoms with Crippen molar-refractivity contribution in [1.82, 2.24) is 0 Å². The summed E-state index contributed by atoms with van der Waals surface area (Å²) in [4.78, 5) is -1.52. The zero-order valence-electron chi connectivity index (χ0n) is 10.7. The third kappa shape index (κ3) is 2.89. The number of benzene rings is 2. The number of nitrogens with two attached hydrogens (primary N) is 1. The van der Waals surface area contributed by atoms with Crippen molar-refractivity contribution in [2.24, 2.45) is 0 Å². The maximum Gasteiger partial charge on any atom is 0.416 e. The van der Waals surface area contributed by atoms with Crippen LogP contribution in [0.2, 0.25) is 0 Å². The van der Waals surface area contributed by atoms with E-state index in [1.807, 2.05) is 0 Å². The third-order valence-electron chi connectivity index (χ3n) is 2.83. The molecule has 9 heteroatoms. The van der Waals surface area contributed by atoms with E-state index in [4.69, 9.17) is 5.73 Å². The average molecular weight is 337 g/mol. The Morgan fingerprint density at radius 1 is 0.909 bits per heavy atom. The molecule has 3 nitrogen and oxygen atoms in total. The van der Waals surface area contributed by atoms with E-state index >= 15 is 0 Å². The van der Waals surface area contributed by atoms with Crippen molar-refractivity contribution < 1.29 is 30.4 Å². The monoisotopic (exact) mass is 337 g/mol. The van der Waals surface area contributed by atoms with Crippen LogP contribution in [0.1, 0.15) is 5.56 Å². The molecule has 118 valence electrons. The fourth-order valence-corrected chi connectivity index (χ4v) is 3.13. The Bertz CT molecular complexity index is 831. The van der Waals surface area contributed by atoms with Gasteiger partial charge in [-0.25, -0.2) is 17.2 Å². The largest absolute Gasteiger partial charge is 0.416 e. The molecule has 0 aliphatic carbocycles. The number of hydrogen-bond donors (Lipinski definition) is 1. The van der Waals surface area contributed by atoms with Gasteiger partial charge in [0.1, 0.15) is 0 Å². The molecule has 2 N–H and O–H groups in total. The van der Waals surface area contributed by atoms with Crippen LogP contribution < -0.4 is 5.73 Å². The molecular formula is C13H8F5NO2S. The Kier molecular flexibility index (Phi) is 3.86. The lowest BCUT2D eigenvalue weighted by atomic mass is 10.2. The van der Waals surface area contributed by atoms with Gasteiger partial charge < -0.3 is 5.73 Å². The summed E-state index contributed by atoms with van der Waals surface area (Å²) in [6, 6.07) is 3.45. The van der Waals surface area contributed by atoms with E-state index < -0.39 is 48.7 Å². The average Bonchev–Trinajstić information content (AvgIpc) is 2.40. The zero-order valence-corrected chi connectivity index (χ0v) is 11.5. The zero-order chi connectivity index (χ0) is 16.7. The molecule has 0 spiro atoms. The maximum atomic E-state index is 13.1.